The molecule has 2 N–H and O–H groups in total. The van der Waals surface area contributed by atoms with Crippen LogP contribution in [0.15, 0.2) is 29.3 Å². The number of hydrogen-bond acceptors (Lipinski definition) is 3. The summed E-state index contributed by atoms with van der Waals surface area (Å²) in [6.07, 6.45) is 0.394. The van der Waals surface area contributed by atoms with Gasteiger partial charge in [-0.15, -0.1) is 0 Å². The van der Waals surface area contributed by atoms with Gasteiger partial charge in [0.25, 0.3) is 0 Å². The van der Waals surface area contributed by atoms with Gasteiger partial charge in [0.15, 0.2) is 0 Å². The summed E-state index contributed by atoms with van der Waals surface area (Å²) in [6.45, 7) is 10.2. The summed E-state index contributed by atoms with van der Waals surface area (Å²) in [5, 5.41) is 6.71. The van der Waals surface area contributed by atoms with Crippen LogP contribution in [0.3, 0.4) is 0 Å². The number of aliphatic imine (C=N–C) groups is 1. The average Bonchev–Trinajstić information content (AvgIpc) is 2.42. The van der Waals surface area contributed by atoms with E-state index in [-0.39, 0.29) is 6.04 Å². The number of carbonyl (C=O) groups is 1. The molecule has 1 unspecified atom stereocenters. The van der Waals surface area contributed by atoms with Crippen molar-refractivity contribution in [2.45, 2.75) is 52.7 Å². The number of halogens is 1. The van der Waals surface area contributed by atoms with Crippen LogP contribution in [0.25, 0.3) is 0 Å². The number of hydrogen-bond donors (Lipinski definition) is 2. The van der Waals surface area contributed by atoms with Gasteiger partial charge >= 0.3 is 164 Å². The van der Waals surface area contributed by atoms with E-state index in [1.54, 1.807) is 0 Å². The molecule has 5 nitrogen and oxygen atoms in total. The van der Waals surface area contributed by atoms with Crippen molar-refractivity contribution >= 4 is 44.1 Å². The van der Waals surface area contributed by atoms with Crippen molar-refractivity contribution < 1.29 is 9.53 Å². The van der Waals surface area contributed by atoms with Crippen LogP contribution in [0.2, 0.25) is 5.02 Å². The van der Waals surface area contributed by atoms with Crippen molar-refractivity contribution in [3.8, 4) is 0 Å². The van der Waals surface area contributed by atoms with Crippen molar-refractivity contribution in [2.75, 3.05) is 11.9 Å². The molecular weight excluding hydrogens is 405 g/mol. The van der Waals surface area contributed by atoms with E-state index in [0.717, 1.165) is 12.1 Å². The van der Waals surface area contributed by atoms with E-state index < -0.39 is 11.7 Å². The number of rotatable bonds is 6. The first kappa shape index (κ1) is 21.8. The molecule has 0 heterocycles. The molecule has 0 aliphatic rings. The van der Waals surface area contributed by atoms with E-state index in [2.05, 4.69) is 45.5 Å². The Kier molecular flexibility index (Phi) is 8.77. The normalized spacial score (nSPS) is 13.5. The van der Waals surface area contributed by atoms with Gasteiger partial charge in [0.2, 0.25) is 0 Å². The molecule has 0 saturated carbocycles. The molecule has 7 heteroatoms. The SMILES string of the molecule is CC(C)CC(CN=C([Se])Nc1cccc(Cl)c1)NC(=O)OC(C)(C)C. The van der Waals surface area contributed by atoms with Gasteiger partial charge in [0.05, 0.1) is 0 Å². The monoisotopic (exact) mass is 432 g/mol. The van der Waals surface area contributed by atoms with Crippen molar-refractivity contribution in [1.29, 1.82) is 0 Å². The minimum atomic E-state index is -0.520. The zero-order valence-corrected chi connectivity index (χ0v) is 17.9. The fourth-order valence-electron chi connectivity index (χ4n) is 2.14. The molecule has 1 aromatic rings. The molecule has 1 amide bonds. The number of nitrogens with zero attached hydrogens (tertiary/aromatic N) is 1. The van der Waals surface area contributed by atoms with Gasteiger partial charge in [-0.05, 0) is 0 Å². The molecule has 1 rings (SSSR count). The first-order valence-electron chi connectivity index (χ1n) is 8.28. The van der Waals surface area contributed by atoms with Gasteiger partial charge in [0.1, 0.15) is 0 Å². The number of benzene rings is 1. The summed E-state index contributed by atoms with van der Waals surface area (Å²) in [5.74, 6) is 0.431. The second-order valence-electron chi connectivity index (χ2n) is 7.25. The molecule has 0 bridgehead atoms. The van der Waals surface area contributed by atoms with Gasteiger partial charge < -0.3 is 0 Å². The van der Waals surface area contributed by atoms with Crippen LogP contribution in [-0.4, -0.2) is 45.0 Å². The number of anilines is 1. The Labute approximate surface area is 163 Å². The summed E-state index contributed by atoms with van der Waals surface area (Å²) in [7, 11) is 0. The molecule has 1 radical (unpaired) electrons. The van der Waals surface area contributed by atoms with Crippen molar-refractivity contribution in [2.24, 2.45) is 10.9 Å². The van der Waals surface area contributed by atoms with Crippen LogP contribution in [0, 0.1) is 5.92 Å². The number of alkyl carbamates (subject to hydrolysis) is 1. The topological polar surface area (TPSA) is 62.7 Å². The molecule has 139 valence electrons. The Balaban J connectivity index is 2.65. The van der Waals surface area contributed by atoms with E-state index in [1.165, 1.54) is 0 Å². The second kappa shape index (κ2) is 10.0. The maximum atomic E-state index is 12.0. The molecule has 0 saturated heterocycles. The van der Waals surface area contributed by atoms with Crippen LogP contribution in [0.1, 0.15) is 41.0 Å². The number of amidine groups is 1. The van der Waals surface area contributed by atoms with E-state index in [9.17, 15) is 4.79 Å². The zero-order chi connectivity index (χ0) is 19.0. The molecule has 0 aliphatic heterocycles. The van der Waals surface area contributed by atoms with Crippen molar-refractivity contribution in [3.05, 3.63) is 29.3 Å². The molecule has 25 heavy (non-hydrogen) atoms. The summed E-state index contributed by atoms with van der Waals surface area (Å²) in [4.78, 5) is 16.5. The fraction of sp³-hybridized carbons (Fsp3) is 0.556. The third kappa shape index (κ3) is 10.4. The first-order valence-corrected chi connectivity index (χ1v) is 9.52. The second-order valence-corrected chi connectivity index (χ2v) is 8.50. The Morgan fingerprint density at radius 2 is 2.04 bits per heavy atom. The van der Waals surface area contributed by atoms with E-state index in [4.69, 9.17) is 16.3 Å². The summed E-state index contributed by atoms with van der Waals surface area (Å²) in [5.41, 5.74) is 0.332. The Morgan fingerprint density at radius 3 is 2.60 bits per heavy atom. The number of amides is 1. The predicted octanol–water partition coefficient (Wildman–Crippen LogP) is 4.22. The van der Waals surface area contributed by atoms with Crippen molar-refractivity contribution in [1.82, 2.24) is 5.32 Å². The summed E-state index contributed by atoms with van der Waals surface area (Å²) in [6, 6.07) is 7.30. The third-order valence-corrected chi connectivity index (χ3v) is 3.73. The molecule has 0 spiro atoms. The van der Waals surface area contributed by atoms with Crippen LogP contribution < -0.4 is 10.6 Å². The number of nitrogens with one attached hydrogen (secondary N) is 2. The van der Waals surface area contributed by atoms with Gasteiger partial charge in [-0.25, -0.2) is 0 Å². The molecule has 0 aromatic heterocycles. The molecular formula is C18H27ClN3O2Se. The van der Waals surface area contributed by atoms with Crippen molar-refractivity contribution in [3.63, 3.8) is 0 Å². The Bertz CT molecular complexity index is 600. The molecule has 1 aromatic carbocycles. The number of carbonyl (C=O) groups excluding carboxylic acids is 1. The van der Waals surface area contributed by atoms with Gasteiger partial charge in [-0.1, -0.05) is 0 Å². The average molecular weight is 432 g/mol. The van der Waals surface area contributed by atoms with Crippen LogP contribution in [0.4, 0.5) is 10.5 Å². The quantitative estimate of drug-likeness (QED) is 0.403. The Hall–Kier alpha value is -1.23. The predicted molar refractivity (Wildman–Crippen MR) is 106 cm³/mol. The standard InChI is InChI=1S/C18H27ClN3O2Se/c1-12(2)9-15(22-17(23)24-18(3,4)5)11-20-16(25)21-14-8-6-7-13(19)10-14/h6-8,10,12,15H,9,11H2,1-5H3,(H,20,21)(H,22,23). The van der Waals surface area contributed by atoms with Crippen LogP contribution >= 0.6 is 11.6 Å². The molecule has 0 fully saturated rings. The van der Waals surface area contributed by atoms with Crippen LogP contribution in [0.5, 0.6) is 0 Å². The summed E-state index contributed by atoms with van der Waals surface area (Å²) >= 11 is 8.87. The van der Waals surface area contributed by atoms with E-state index >= 15 is 0 Å². The Morgan fingerprint density at radius 1 is 1.36 bits per heavy atom. The number of ether oxygens (including phenoxy) is 1. The zero-order valence-electron chi connectivity index (χ0n) is 15.4. The van der Waals surface area contributed by atoms with Crippen LogP contribution in [-0.2, 0) is 4.74 Å². The van der Waals surface area contributed by atoms with E-state index in [0.29, 0.717) is 22.2 Å². The van der Waals surface area contributed by atoms with Gasteiger partial charge in [-0.3, -0.25) is 0 Å². The molecule has 0 aliphatic carbocycles. The first-order chi connectivity index (χ1) is 11.5. The fourth-order valence-corrected chi connectivity index (χ4v) is 2.74. The van der Waals surface area contributed by atoms with Gasteiger partial charge in [0, 0.05) is 0 Å². The minimum absolute atomic E-state index is 0.0978. The van der Waals surface area contributed by atoms with Gasteiger partial charge in [-0.2, -0.15) is 0 Å². The molecule has 1 atom stereocenters. The summed E-state index contributed by atoms with van der Waals surface area (Å²) < 4.78 is 5.97. The maximum absolute atomic E-state index is 12.0. The third-order valence-electron chi connectivity index (χ3n) is 3.01. The van der Waals surface area contributed by atoms with E-state index in [1.807, 2.05) is 45.0 Å².